The molecule has 0 atom stereocenters. The lowest BCUT2D eigenvalue weighted by Gasteiger charge is -2.03. The Bertz CT molecular complexity index is 335. The molecule has 0 saturated heterocycles. The second-order valence-corrected chi connectivity index (χ2v) is 8.56. The molecule has 0 spiro atoms. The first-order valence-electron chi connectivity index (χ1n) is 12.6. The van der Waals surface area contributed by atoms with Crippen molar-refractivity contribution in [2.75, 3.05) is 0 Å². The van der Waals surface area contributed by atoms with Crippen molar-refractivity contribution in [3.63, 3.8) is 0 Å². The highest BCUT2D eigenvalue weighted by molar-refractivity contribution is 5.66. The molecule has 1 N–H and O–H groups in total. The quantitative estimate of drug-likeness (QED) is 0.138. The number of aliphatic carboxylic acids is 1. The first kappa shape index (κ1) is 27.2. The summed E-state index contributed by atoms with van der Waals surface area (Å²) in [4.78, 5) is 10.4. The Labute approximate surface area is 176 Å². The molecule has 0 radical (unpaired) electrons. The van der Waals surface area contributed by atoms with Crippen molar-refractivity contribution in [1.82, 2.24) is 0 Å². The molecule has 0 fully saturated rings. The van der Waals surface area contributed by atoms with Crippen molar-refractivity contribution >= 4 is 5.97 Å². The number of carbonyl (C=O) groups is 1. The molecule has 2 nitrogen and oxygen atoms in total. The summed E-state index contributed by atoms with van der Waals surface area (Å²) in [5.41, 5.74) is 0. The second kappa shape index (κ2) is 24.2. The van der Waals surface area contributed by atoms with Crippen LogP contribution in [0.2, 0.25) is 0 Å². The number of hydrogen-bond donors (Lipinski definition) is 1. The summed E-state index contributed by atoms with van der Waals surface area (Å²) in [6.07, 6.45) is 33.0. The van der Waals surface area contributed by atoms with Crippen molar-refractivity contribution in [2.24, 2.45) is 0 Å². The van der Waals surface area contributed by atoms with Gasteiger partial charge in [0.05, 0.1) is 0 Å². The molecule has 0 bridgehead atoms. The number of unbranched alkanes of at least 4 members (excludes halogenated alkanes) is 19. The van der Waals surface area contributed by atoms with Gasteiger partial charge < -0.3 is 5.11 Å². The Morgan fingerprint density at radius 1 is 0.536 bits per heavy atom. The molecule has 0 amide bonds. The van der Waals surface area contributed by atoms with Gasteiger partial charge in [0.25, 0.3) is 0 Å². The highest BCUT2D eigenvalue weighted by Crippen LogP contribution is 2.14. The fraction of sp³-hybridized carbons (Fsp3) is 0.885. The van der Waals surface area contributed by atoms with Crippen LogP contribution in [-0.2, 0) is 4.79 Å². The van der Waals surface area contributed by atoms with E-state index in [-0.39, 0.29) is 0 Å². The zero-order chi connectivity index (χ0) is 20.5. The maximum Gasteiger partial charge on any atom is 0.303 e. The summed E-state index contributed by atoms with van der Waals surface area (Å²) in [6.45, 7) is 2.28. The molecule has 0 aliphatic heterocycles. The van der Waals surface area contributed by atoms with Crippen LogP contribution in [0.4, 0.5) is 0 Å². The molecule has 0 saturated carbocycles. The smallest absolute Gasteiger partial charge is 0.303 e. The molecule has 0 heterocycles. The first-order valence-corrected chi connectivity index (χ1v) is 12.6. The van der Waals surface area contributed by atoms with Crippen LogP contribution in [0.3, 0.4) is 0 Å². The van der Waals surface area contributed by atoms with E-state index < -0.39 is 5.97 Å². The van der Waals surface area contributed by atoms with E-state index >= 15 is 0 Å². The van der Waals surface area contributed by atoms with E-state index in [1.165, 1.54) is 122 Å². The topological polar surface area (TPSA) is 37.3 Å². The average Bonchev–Trinajstić information content (AvgIpc) is 2.68. The van der Waals surface area contributed by atoms with Crippen LogP contribution in [0.1, 0.15) is 148 Å². The Hall–Kier alpha value is -0.790. The van der Waals surface area contributed by atoms with E-state index in [1.807, 2.05) is 0 Å². The molecule has 0 aromatic carbocycles. The number of carboxylic acid groups (broad SMARTS) is 1. The molecule has 28 heavy (non-hydrogen) atoms. The van der Waals surface area contributed by atoms with Gasteiger partial charge in [0.1, 0.15) is 0 Å². The summed E-state index contributed by atoms with van der Waals surface area (Å²) in [7, 11) is 0. The van der Waals surface area contributed by atoms with Crippen LogP contribution < -0.4 is 0 Å². The van der Waals surface area contributed by atoms with E-state index in [1.54, 1.807) is 0 Å². The Morgan fingerprint density at radius 3 is 1.21 bits per heavy atom. The maximum absolute atomic E-state index is 10.4. The van der Waals surface area contributed by atoms with Crippen molar-refractivity contribution < 1.29 is 9.90 Å². The number of allylic oxidation sites excluding steroid dienone is 2. The molecule has 166 valence electrons. The van der Waals surface area contributed by atoms with Gasteiger partial charge in [0.2, 0.25) is 0 Å². The van der Waals surface area contributed by atoms with Crippen molar-refractivity contribution in [3.8, 4) is 0 Å². The fourth-order valence-corrected chi connectivity index (χ4v) is 3.76. The number of hydrogen-bond acceptors (Lipinski definition) is 1. The van der Waals surface area contributed by atoms with Gasteiger partial charge in [-0.15, -0.1) is 0 Å². The van der Waals surface area contributed by atoms with Crippen molar-refractivity contribution in [1.29, 1.82) is 0 Å². The number of rotatable bonds is 23. The standard InChI is InChI=1S/C26H50O2/c1-2-3-4-5-6-7-8-9-10-11-12-13-14-15-16-17-18-19-20-21-22-23-24-25-26(27)28/h8-9H,2-7,10-25H2,1H3,(H,27,28)/b9-8-. The number of carboxylic acids is 1. The summed E-state index contributed by atoms with van der Waals surface area (Å²) in [5.74, 6) is -0.652. The Morgan fingerprint density at radius 2 is 0.857 bits per heavy atom. The van der Waals surface area contributed by atoms with Gasteiger partial charge in [-0.25, -0.2) is 0 Å². The van der Waals surface area contributed by atoms with Gasteiger partial charge in [-0.1, -0.05) is 122 Å². The lowest BCUT2D eigenvalue weighted by Crippen LogP contribution is -1.93. The lowest BCUT2D eigenvalue weighted by atomic mass is 10.0. The maximum atomic E-state index is 10.4. The third kappa shape index (κ3) is 25.2. The molecule has 0 unspecified atom stereocenters. The summed E-state index contributed by atoms with van der Waals surface area (Å²) >= 11 is 0. The molecular formula is C26H50O2. The first-order chi connectivity index (χ1) is 13.8. The minimum Gasteiger partial charge on any atom is -0.481 e. The lowest BCUT2D eigenvalue weighted by molar-refractivity contribution is -0.137. The minimum absolute atomic E-state index is 0.343. The molecule has 0 aliphatic rings. The van der Waals surface area contributed by atoms with Gasteiger partial charge in [-0.3, -0.25) is 4.79 Å². The van der Waals surface area contributed by atoms with Crippen LogP contribution in [-0.4, -0.2) is 11.1 Å². The highest BCUT2D eigenvalue weighted by Gasteiger charge is 1.97. The minimum atomic E-state index is -0.652. The predicted octanol–water partition coefficient (Wildman–Crippen LogP) is 9.23. The Kier molecular flexibility index (Phi) is 23.6. The van der Waals surface area contributed by atoms with Gasteiger partial charge >= 0.3 is 5.97 Å². The molecule has 0 aromatic rings. The monoisotopic (exact) mass is 394 g/mol. The Balaban J connectivity index is 3.05. The predicted molar refractivity (Wildman–Crippen MR) is 124 cm³/mol. The van der Waals surface area contributed by atoms with Crippen LogP contribution in [0.5, 0.6) is 0 Å². The zero-order valence-corrected chi connectivity index (χ0v) is 19.1. The van der Waals surface area contributed by atoms with Crippen LogP contribution in [0, 0.1) is 0 Å². The largest absolute Gasteiger partial charge is 0.481 e. The van der Waals surface area contributed by atoms with E-state index in [0.29, 0.717) is 6.42 Å². The SMILES string of the molecule is CCCCCCC/C=C\CCCCCCCCCCCCCCCCC(=O)O. The molecule has 0 aromatic heterocycles. The fourth-order valence-electron chi connectivity index (χ4n) is 3.76. The van der Waals surface area contributed by atoms with Gasteiger partial charge in [0, 0.05) is 6.42 Å². The van der Waals surface area contributed by atoms with Gasteiger partial charge in [0.15, 0.2) is 0 Å². The normalized spacial score (nSPS) is 11.5. The molecule has 2 heteroatoms. The third-order valence-electron chi connectivity index (χ3n) is 5.65. The second-order valence-electron chi connectivity index (χ2n) is 8.56. The van der Waals surface area contributed by atoms with Crippen LogP contribution in [0.15, 0.2) is 12.2 Å². The van der Waals surface area contributed by atoms with Crippen LogP contribution in [0.25, 0.3) is 0 Å². The van der Waals surface area contributed by atoms with Crippen molar-refractivity contribution in [3.05, 3.63) is 12.2 Å². The average molecular weight is 395 g/mol. The molecule has 0 aliphatic carbocycles. The molecular weight excluding hydrogens is 344 g/mol. The zero-order valence-electron chi connectivity index (χ0n) is 19.1. The summed E-state index contributed by atoms with van der Waals surface area (Å²) in [5, 5.41) is 8.58. The van der Waals surface area contributed by atoms with Gasteiger partial charge in [-0.05, 0) is 32.1 Å². The van der Waals surface area contributed by atoms with Crippen LogP contribution >= 0.6 is 0 Å². The van der Waals surface area contributed by atoms with Crippen molar-refractivity contribution in [2.45, 2.75) is 148 Å². The van der Waals surface area contributed by atoms with E-state index in [9.17, 15) is 4.79 Å². The summed E-state index contributed by atoms with van der Waals surface area (Å²) in [6, 6.07) is 0. The van der Waals surface area contributed by atoms with E-state index in [4.69, 9.17) is 5.11 Å². The summed E-state index contributed by atoms with van der Waals surface area (Å²) < 4.78 is 0. The van der Waals surface area contributed by atoms with E-state index in [0.717, 1.165) is 12.8 Å². The van der Waals surface area contributed by atoms with Gasteiger partial charge in [-0.2, -0.15) is 0 Å². The highest BCUT2D eigenvalue weighted by atomic mass is 16.4. The molecule has 0 rings (SSSR count). The van der Waals surface area contributed by atoms with E-state index in [2.05, 4.69) is 19.1 Å². The third-order valence-corrected chi connectivity index (χ3v) is 5.65.